The van der Waals surface area contributed by atoms with Crippen LogP contribution in [0.3, 0.4) is 0 Å². The first-order valence-corrected chi connectivity index (χ1v) is 10.1. The van der Waals surface area contributed by atoms with Crippen LogP contribution in [0, 0.1) is 5.41 Å². The molecular weight excluding hydrogens is 412 g/mol. The summed E-state index contributed by atoms with van der Waals surface area (Å²) in [6, 6.07) is 7.29. The molecule has 0 aliphatic carbocycles. The fourth-order valence-corrected chi connectivity index (χ4v) is 3.36. The molecule has 1 saturated heterocycles. The number of aliphatic imine (C=N–C) groups is 1. The lowest BCUT2D eigenvalue weighted by Gasteiger charge is -2.24. The first kappa shape index (κ1) is 21.7. The predicted molar refractivity (Wildman–Crippen MR) is 110 cm³/mol. The van der Waals surface area contributed by atoms with Gasteiger partial charge in [0.2, 0.25) is 0 Å². The number of guanidine groups is 1. The number of ether oxygens (including phenoxy) is 1. The number of carbonyl (C=O) groups is 1. The molecule has 7 nitrogen and oxygen atoms in total. The Morgan fingerprint density at radius 1 is 1.33 bits per heavy atom. The summed E-state index contributed by atoms with van der Waals surface area (Å²) < 4.78 is 6.39. The maximum atomic E-state index is 12.1. The highest BCUT2D eigenvalue weighted by Gasteiger charge is 2.34. The van der Waals surface area contributed by atoms with Crippen molar-refractivity contribution in [3.05, 3.63) is 34.3 Å². The van der Waals surface area contributed by atoms with E-state index in [1.807, 2.05) is 19.1 Å². The van der Waals surface area contributed by atoms with E-state index < -0.39 is 0 Å². The lowest BCUT2D eigenvalue weighted by atomic mass is 9.84. The molecule has 1 unspecified atom stereocenters. The van der Waals surface area contributed by atoms with Crippen molar-refractivity contribution in [3.63, 3.8) is 0 Å². The second-order valence-corrected chi connectivity index (χ2v) is 7.58. The molecule has 0 bridgehead atoms. The van der Waals surface area contributed by atoms with Crippen LogP contribution in [0.1, 0.15) is 30.1 Å². The highest BCUT2D eigenvalue weighted by atomic mass is 79.9. The summed E-state index contributed by atoms with van der Waals surface area (Å²) in [4.78, 5) is 16.8. The third kappa shape index (κ3) is 7.12. The first-order chi connectivity index (χ1) is 13.1. The second-order valence-electron chi connectivity index (χ2n) is 6.66. The van der Waals surface area contributed by atoms with Gasteiger partial charge < -0.3 is 25.8 Å². The largest absolute Gasteiger partial charge is 0.396 e. The minimum Gasteiger partial charge on any atom is -0.396 e. The Labute approximate surface area is 169 Å². The van der Waals surface area contributed by atoms with Crippen LogP contribution in [0.2, 0.25) is 0 Å². The molecule has 150 valence electrons. The van der Waals surface area contributed by atoms with Crippen LogP contribution in [-0.2, 0) is 4.74 Å². The first-order valence-electron chi connectivity index (χ1n) is 9.33. The summed E-state index contributed by atoms with van der Waals surface area (Å²) >= 11 is 3.37. The van der Waals surface area contributed by atoms with Gasteiger partial charge in [0, 0.05) is 48.3 Å². The van der Waals surface area contributed by atoms with Crippen molar-refractivity contribution in [1.82, 2.24) is 16.0 Å². The molecule has 1 aromatic carbocycles. The van der Waals surface area contributed by atoms with Crippen molar-refractivity contribution in [2.45, 2.75) is 19.8 Å². The molecule has 1 aromatic rings. The minimum absolute atomic E-state index is 0.0774. The molecule has 0 spiro atoms. The summed E-state index contributed by atoms with van der Waals surface area (Å²) in [5.74, 6) is 0.600. The SMILES string of the molecule is CCNC(=NCC1(CCO)CCOC1)NCCNC(=O)c1cccc(Br)c1. The van der Waals surface area contributed by atoms with Gasteiger partial charge in [-0.15, -0.1) is 0 Å². The van der Waals surface area contributed by atoms with Gasteiger partial charge in [-0.2, -0.15) is 0 Å². The minimum atomic E-state index is -0.106. The molecule has 1 atom stereocenters. The third-order valence-corrected chi connectivity index (χ3v) is 5.03. The summed E-state index contributed by atoms with van der Waals surface area (Å²) in [7, 11) is 0. The van der Waals surface area contributed by atoms with Crippen LogP contribution < -0.4 is 16.0 Å². The fourth-order valence-electron chi connectivity index (χ4n) is 2.96. The fraction of sp³-hybridized carbons (Fsp3) is 0.579. The lowest BCUT2D eigenvalue weighted by Crippen LogP contribution is -2.42. The van der Waals surface area contributed by atoms with Crippen molar-refractivity contribution in [2.75, 3.05) is 46.0 Å². The molecule has 1 amide bonds. The van der Waals surface area contributed by atoms with Crippen LogP contribution in [0.15, 0.2) is 33.7 Å². The number of benzene rings is 1. The van der Waals surface area contributed by atoms with Gasteiger partial charge in [-0.3, -0.25) is 9.79 Å². The topological polar surface area (TPSA) is 95.0 Å². The van der Waals surface area contributed by atoms with E-state index in [1.165, 1.54) is 0 Å². The number of aliphatic hydroxyl groups excluding tert-OH is 1. The van der Waals surface area contributed by atoms with Gasteiger partial charge in [0.05, 0.1) is 13.2 Å². The van der Waals surface area contributed by atoms with Gasteiger partial charge in [-0.1, -0.05) is 22.0 Å². The van der Waals surface area contributed by atoms with Crippen molar-refractivity contribution in [3.8, 4) is 0 Å². The zero-order valence-corrected chi connectivity index (χ0v) is 17.3. The Bertz CT molecular complexity index is 633. The van der Waals surface area contributed by atoms with E-state index in [1.54, 1.807) is 12.1 Å². The Morgan fingerprint density at radius 2 is 2.15 bits per heavy atom. The van der Waals surface area contributed by atoms with E-state index >= 15 is 0 Å². The van der Waals surface area contributed by atoms with Gasteiger partial charge in [-0.25, -0.2) is 0 Å². The average Bonchev–Trinajstić information content (AvgIpc) is 3.12. The Hall–Kier alpha value is -1.64. The highest BCUT2D eigenvalue weighted by Crippen LogP contribution is 2.32. The maximum Gasteiger partial charge on any atom is 0.251 e. The van der Waals surface area contributed by atoms with E-state index in [0.717, 1.165) is 24.0 Å². The molecule has 8 heteroatoms. The van der Waals surface area contributed by atoms with Crippen LogP contribution in [0.25, 0.3) is 0 Å². The molecule has 1 aliphatic heterocycles. The number of nitrogens with zero attached hydrogens (tertiary/aromatic N) is 1. The molecular formula is C19H29BrN4O3. The number of nitrogens with one attached hydrogen (secondary N) is 3. The lowest BCUT2D eigenvalue weighted by molar-refractivity contribution is 0.0954. The smallest absolute Gasteiger partial charge is 0.251 e. The number of hydrogen-bond donors (Lipinski definition) is 4. The highest BCUT2D eigenvalue weighted by molar-refractivity contribution is 9.10. The molecule has 0 aromatic heterocycles. The van der Waals surface area contributed by atoms with E-state index in [4.69, 9.17) is 4.74 Å². The molecule has 1 aliphatic rings. The van der Waals surface area contributed by atoms with Crippen molar-refractivity contribution < 1.29 is 14.6 Å². The van der Waals surface area contributed by atoms with Crippen molar-refractivity contribution >= 4 is 27.8 Å². The van der Waals surface area contributed by atoms with Crippen LogP contribution in [-0.4, -0.2) is 63.0 Å². The molecule has 0 saturated carbocycles. The van der Waals surface area contributed by atoms with Gasteiger partial charge in [0.25, 0.3) is 5.91 Å². The van der Waals surface area contributed by atoms with Crippen LogP contribution in [0.4, 0.5) is 0 Å². The number of rotatable bonds is 9. The van der Waals surface area contributed by atoms with Gasteiger partial charge >= 0.3 is 0 Å². The Morgan fingerprint density at radius 3 is 2.81 bits per heavy atom. The predicted octanol–water partition coefficient (Wildman–Crippen LogP) is 1.52. The molecule has 4 N–H and O–H groups in total. The molecule has 0 radical (unpaired) electrons. The second kappa shape index (κ2) is 11.3. The molecule has 2 rings (SSSR count). The monoisotopic (exact) mass is 440 g/mol. The van der Waals surface area contributed by atoms with E-state index in [9.17, 15) is 9.90 Å². The normalized spacial score (nSPS) is 19.7. The van der Waals surface area contributed by atoms with Gasteiger partial charge in [-0.05, 0) is 38.0 Å². The molecule has 1 heterocycles. The van der Waals surface area contributed by atoms with E-state index in [2.05, 4.69) is 36.9 Å². The zero-order valence-electron chi connectivity index (χ0n) is 15.8. The molecule has 1 fully saturated rings. The van der Waals surface area contributed by atoms with E-state index in [0.29, 0.717) is 44.2 Å². The molecule has 27 heavy (non-hydrogen) atoms. The van der Waals surface area contributed by atoms with E-state index in [-0.39, 0.29) is 17.9 Å². The summed E-state index contributed by atoms with van der Waals surface area (Å²) in [6.45, 7) is 5.92. The number of aliphatic hydroxyl groups is 1. The third-order valence-electron chi connectivity index (χ3n) is 4.53. The van der Waals surface area contributed by atoms with Crippen LogP contribution >= 0.6 is 15.9 Å². The zero-order chi connectivity index (χ0) is 19.5. The summed E-state index contributed by atoms with van der Waals surface area (Å²) in [5, 5.41) is 18.7. The average molecular weight is 441 g/mol. The Balaban J connectivity index is 1.80. The maximum absolute atomic E-state index is 12.1. The van der Waals surface area contributed by atoms with Crippen molar-refractivity contribution in [2.24, 2.45) is 10.4 Å². The summed E-state index contributed by atoms with van der Waals surface area (Å²) in [6.07, 6.45) is 1.61. The Kier molecular flexibility index (Phi) is 9.03. The van der Waals surface area contributed by atoms with Gasteiger partial charge in [0.1, 0.15) is 0 Å². The van der Waals surface area contributed by atoms with Crippen LogP contribution in [0.5, 0.6) is 0 Å². The number of hydrogen-bond acceptors (Lipinski definition) is 4. The van der Waals surface area contributed by atoms with Crippen molar-refractivity contribution in [1.29, 1.82) is 0 Å². The number of amides is 1. The number of carbonyl (C=O) groups excluding carboxylic acids is 1. The number of halogens is 1. The van der Waals surface area contributed by atoms with Gasteiger partial charge in [0.15, 0.2) is 5.96 Å². The quantitative estimate of drug-likeness (QED) is 0.265. The standard InChI is InChI=1S/C19H29BrN4O3/c1-2-21-18(24-13-19(6-10-25)7-11-27-14-19)23-9-8-22-17(26)15-4-3-5-16(20)12-15/h3-5,12,25H,2,6-11,13-14H2,1H3,(H,22,26)(H2,21,23,24). The summed E-state index contributed by atoms with van der Waals surface area (Å²) in [5.41, 5.74) is 0.545.